The zero-order valence-corrected chi connectivity index (χ0v) is 19.5. The van der Waals surface area contributed by atoms with E-state index in [-0.39, 0.29) is 12.2 Å². The number of rotatable bonds is 8. The molecule has 0 fully saturated rings. The molecule has 0 aliphatic carbocycles. The summed E-state index contributed by atoms with van der Waals surface area (Å²) in [6.45, 7) is 5.19. The molecule has 3 rings (SSSR count). The summed E-state index contributed by atoms with van der Waals surface area (Å²) >= 11 is 4.00. The topological polar surface area (TPSA) is 60.1 Å². The third-order valence-corrected chi connectivity index (χ3v) is 6.82. The predicted octanol–water partition coefficient (Wildman–Crippen LogP) is 4.06. The number of aromatic nitrogens is 3. The third-order valence-electron chi connectivity index (χ3n) is 4.56. The molecule has 0 aliphatic rings. The number of thioether (sulfide) groups is 1. The fraction of sp³-hybridized carbons (Fsp3) is 0.429. The highest BCUT2D eigenvalue weighted by atomic mass is 127. The summed E-state index contributed by atoms with van der Waals surface area (Å²) in [5.74, 6) is 1.23. The van der Waals surface area contributed by atoms with Crippen molar-refractivity contribution in [3.8, 4) is 0 Å². The van der Waals surface area contributed by atoms with Crippen LogP contribution in [-0.4, -0.2) is 31.8 Å². The molecule has 0 spiro atoms. The molecule has 0 atom stereocenters. The van der Waals surface area contributed by atoms with Crippen molar-refractivity contribution in [2.45, 2.75) is 38.3 Å². The third kappa shape index (κ3) is 4.63. The summed E-state index contributed by atoms with van der Waals surface area (Å²) in [6.07, 6.45) is 3.62. The molecule has 2 heterocycles. The van der Waals surface area contributed by atoms with E-state index in [9.17, 15) is 9.90 Å². The molecule has 0 saturated carbocycles. The Morgan fingerprint density at radius 2 is 2.04 bits per heavy atom. The lowest BCUT2D eigenvalue weighted by atomic mass is 10.1. The molecule has 0 aliphatic heterocycles. The number of aliphatic hydroxyl groups excluding tert-OH is 1. The smallest absolute Gasteiger partial charge is 0.277 e. The Labute approximate surface area is 183 Å². The van der Waals surface area contributed by atoms with Gasteiger partial charge in [0, 0.05) is 41.1 Å². The molecular weight excluding hydrogens is 485 g/mol. The molecule has 1 N–H and O–H groups in total. The van der Waals surface area contributed by atoms with Crippen molar-refractivity contribution in [3.63, 3.8) is 0 Å². The van der Waals surface area contributed by atoms with Crippen LogP contribution in [0.15, 0.2) is 40.3 Å². The van der Waals surface area contributed by atoms with Crippen molar-refractivity contribution in [2.24, 2.45) is 13.0 Å². The zero-order chi connectivity index (χ0) is 20.3. The van der Waals surface area contributed by atoms with Crippen LogP contribution < -0.4 is 5.56 Å². The molecule has 2 aromatic heterocycles. The first kappa shape index (κ1) is 21.4. The zero-order valence-electron chi connectivity index (χ0n) is 16.5. The second-order valence-electron chi connectivity index (χ2n) is 7.34. The first-order valence-corrected chi connectivity index (χ1v) is 11.5. The summed E-state index contributed by atoms with van der Waals surface area (Å²) in [6, 6.07) is 8.31. The lowest BCUT2D eigenvalue weighted by molar-refractivity contribution is 0.296. The van der Waals surface area contributed by atoms with Gasteiger partial charge >= 0.3 is 0 Å². The van der Waals surface area contributed by atoms with Crippen LogP contribution >= 0.6 is 34.4 Å². The Kier molecular flexibility index (Phi) is 7.22. The summed E-state index contributed by atoms with van der Waals surface area (Å²) in [4.78, 5) is 13.0. The summed E-state index contributed by atoms with van der Waals surface area (Å²) in [7, 11) is 1.73. The van der Waals surface area contributed by atoms with Crippen molar-refractivity contribution in [1.29, 1.82) is 0 Å². The van der Waals surface area contributed by atoms with Gasteiger partial charge in [-0.15, -0.1) is 11.8 Å². The molecule has 150 valence electrons. The number of hydrogen-bond acceptors (Lipinski definition) is 4. The van der Waals surface area contributed by atoms with Crippen molar-refractivity contribution in [3.05, 3.63) is 55.6 Å². The molecule has 0 bridgehead atoms. The maximum absolute atomic E-state index is 13.0. The second-order valence-corrected chi connectivity index (χ2v) is 9.59. The Morgan fingerprint density at radius 1 is 1.29 bits per heavy atom. The van der Waals surface area contributed by atoms with Gasteiger partial charge < -0.3 is 9.67 Å². The van der Waals surface area contributed by atoms with Crippen LogP contribution in [0.5, 0.6) is 0 Å². The van der Waals surface area contributed by atoms with Gasteiger partial charge in [-0.25, -0.2) is 4.68 Å². The first-order valence-electron chi connectivity index (χ1n) is 9.48. The number of fused-ring (bicyclic) bond motifs is 1. The SMILES string of the molecule is CC(C)Cc1nn(C)c(=O)c2c(SCCCO)n(Cc3ccccc3I)cc12. The van der Waals surface area contributed by atoms with Gasteiger partial charge in [-0.05, 0) is 53.0 Å². The van der Waals surface area contributed by atoms with E-state index < -0.39 is 0 Å². The number of hydrogen-bond donors (Lipinski definition) is 1. The van der Waals surface area contributed by atoms with Crippen molar-refractivity contribution < 1.29 is 5.11 Å². The molecule has 3 aromatic rings. The van der Waals surface area contributed by atoms with Crippen molar-refractivity contribution in [1.82, 2.24) is 14.3 Å². The number of aryl methyl sites for hydroxylation is 1. The van der Waals surface area contributed by atoms with Crippen molar-refractivity contribution >= 4 is 45.1 Å². The normalized spacial score (nSPS) is 11.6. The van der Waals surface area contributed by atoms with Crippen LogP contribution in [0.4, 0.5) is 0 Å². The molecular formula is C21H26IN3O2S. The van der Waals surface area contributed by atoms with E-state index in [4.69, 9.17) is 0 Å². The number of halogens is 1. The molecule has 1 aromatic carbocycles. The van der Waals surface area contributed by atoms with E-state index in [1.807, 2.05) is 12.1 Å². The van der Waals surface area contributed by atoms with Crippen LogP contribution in [0.3, 0.4) is 0 Å². The minimum atomic E-state index is -0.0597. The minimum Gasteiger partial charge on any atom is -0.396 e. The van der Waals surface area contributed by atoms with E-state index in [0.717, 1.165) is 33.7 Å². The maximum atomic E-state index is 13.0. The molecule has 5 nitrogen and oxygen atoms in total. The summed E-state index contributed by atoms with van der Waals surface area (Å²) < 4.78 is 4.85. The van der Waals surface area contributed by atoms with Gasteiger partial charge in [-0.2, -0.15) is 5.10 Å². The predicted molar refractivity (Wildman–Crippen MR) is 124 cm³/mol. The fourth-order valence-electron chi connectivity index (χ4n) is 3.26. The van der Waals surface area contributed by atoms with Crippen LogP contribution in [0.2, 0.25) is 0 Å². The number of benzene rings is 1. The summed E-state index contributed by atoms with van der Waals surface area (Å²) in [5.41, 5.74) is 2.13. The van der Waals surface area contributed by atoms with Crippen LogP contribution in [0.25, 0.3) is 10.8 Å². The Hall–Kier alpha value is -1.32. The Balaban J connectivity index is 2.18. The van der Waals surface area contributed by atoms with Gasteiger partial charge in [-0.3, -0.25) is 4.79 Å². The van der Waals surface area contributed by atoms with Gasteiger partial charge in [0.1, 0.15) is 0 Å². The Morgan fingerprint density at radius 3 is 2.71 bits per heavy atom. The van der Waals surface area contributed by atoms with E-state index >= 15 is 0 Å². The molecule has 0 radical (unpaired) electrons. The van der Waals surface area contributed by atoms with E-state index in [0.29, 0.717) is 18.9 Å². The van der Waals surface area contributed by atoms with E-state index in [1.165, 1.54) is 13.8 Å². The van der Waals surface area contributed by atoms with Gasteiger partial charge in [0.15, 0.2) is 0 Å². The Bertz CT molecular complexity index is 1030. The standard InChI is InChI=1S/C21H26IN3O2S/c1-14(2)11-18-16-13-25(12-15-7-4-5-8-17(15)22)21(28-10-6-9-26)19(16)20(27)24(3)23-18/h4-5,7-8,13-14,26H,6,9-12H2,1-3H3. The lowest BCUT2D eigenvalue weighted by Crippen LogP contribution is -2.22. The van der Waals surface area contributed by atoms with E-state index in [1.54, 1.807) is 18.8 Å². The molecule has 7 heteroatoms. The van der Waals surface area contributed by atoms with Crippen LogP contribution in [0, 0.1) is 9.49 Å². The summed E-state index contributed by atoms with van der Waals surface area (Å²) in [5, 5.41) is 16.4. The molecule has 28 heavy (non-hydrogen) atoms. The first-order chi connectivity index (χ1) is 13.4. The highest BCUT2D eigenvalue weighted by molar-refractivity contribution is 14.1. The van der Waals surface area contributed by atoms with Gasteiger partial charge in [0.05, 0.1) is 16.1 Å². The minimum absolute atomic E-state index is 0.0597. The fourth-order valence-corrected chi connectivity index (χ4v) is 4.91. The van der Waals surface area contributed by atoms with E-state index in [2.05, 4.69) is 64.4 Å². The average Bonchev–Trinajstić information content (AvgIpc) is 3.00. The largest absolute Gasteiger partial charge is 0.396 e. The molecule has 0 amide bonds. The highest BCUT2D eigenvalue weighted by Crippen LogP contribution is 2.31. The monoisotopic (exact) mass is 511 g/mol. The van der Waals surface area contributed by atoms with Gasteiger partial charge in [0.25, 0.3) is 5.56 Å². The second kappa shape index (κ2) is 9.45. The average molecular weight is 511 g/mol. The van der Waals surface area contributed by atoms with Crippen molar-refractivity contribution in [2.75, 3.05) is 12.4 Å². The number of nitrogens with zero attached hydrogens (tertiary/aromatic N) is 3. The molecule has 0 saturated heterocycles. The number of aliphatic hydroxyl groups is 1. The molecule has 0 unspecified atom stereocenters. The van der Waals surface area contributed by atoms with Crippen LogP contribution in [0.1, 0.15) is 31.5 Å². The lowest BCUT2D eigenvalue weighted by Gasteiger charge is -2.11. The quantitative estimate of drug-likeness (QED) is 0.282. The van der Waals surface area contributed by atoms with Crippen LogP contribution in [-0.2, 0) is 20.0 Å². The maximum Gasteiger partial charge on any atom is 0.277 e. The van der Waals surface area contributed by atoms with Gasteiger partial charge in [-0.1, -0.05) is 32.0 Å². The van der Waals surface area contributed by atoms with Gasteiger partial charge in [0.2, 0.25) is 0 Å². The highest BCUT2D eigenvalue weighted by Gasteiger charge is 2.19.